The van der Waals surface area contributed by atoms with Crippen molar-refractivity contribution in [2.75, 3.05) is 10.7 Å². The lowest BCUT2D eigenvalue weighted by Crippen LogP contribution is -2.23. The van der Waals surface area contributed by atoms with Gasteiger partial charge < -0.3 is 9.73 Å². The third-order valence-corrected chi connectivity index (χ3v) is 4.28. The van der Waals surface area contributed by atoms with Gasteiger partial charge in [0.2, 0.25) is 5.95 Å². The zero-order chi connectivity index (χ0) is 20.5. The van der Waals surface area contributed by atoms with E-state index in [-0.39, 0.29) is 11.5 Å². The first-order chi connectivity index (χ1) is 13.9. The number of rotatable bonds is 5. The zero-order valence-corrected chi connectivity index (χ0v) is 15.6. The molecule has 4 aromatic rings. The number of alkyl halides is 2. The molecule has 0 saturated carbocycles. The van der Waals surface area contributed by atoms with E-state index in [2.05, 4.69) is 20.7 Å². The van der Waals surface area contributed by atoms with Gasteiger partial charge in [-0.1, -0.05) is 18.2 Å². The standard InChI is InChI=1S/C20H17F2N5O2/c1-11-7-13(17(21)22)9-14(8-11)24-19-23-10-12(2)18(25-19)26-27-15-5-3-4-6-16(15)29-20(27)28/h3-10,17H,1-2H3,(H2,23,24,25,26). The molecule has 148 valence electrons. The van der Waals surface area contributed by atoms with E-state index >= 15 is 0 Å². The molecule has 2 heterocycles. The summed E-state index contributed by atoms with van der Waals surface area (Å²) in [6.07, 6.45) is -1.01. The molecule has 9 heteroatoms. The second-order valence-corrected chi connectivity index (χ2v) is 6.57. The fourth-order valence-corrected chi connectivity index (χ4v) is 2.93. The molecule has 2 aromatic carbocycles. The molecule has 0 unspecified atom stereocenters. The summed E-state index contributed by atoms with van der Waals surface area (Å²) >= 11 is 0. The fourth-order valence-electron chi connectivity index (χ4n) is 2.93. The van der Waals surface area contributed by atoms with Crippen molar-refractivity contribution in [3.63, 3.8) is 0 Å². The molecule has 2 N–H and O–H groups in total. The average molecular weight is 397 g/mol. The van der Waals surface area contributed by atoms with Gasteiger partial charge >= 0.3 is 5.76 Å². The largest absolute Gasteiger partial charge is 0.439 e. The summed E-state index contributed by atoms with van der Waals surface area (Å²) in [4.78, 5) is 20.7. The van der Waals surface area contributed by atoms with Crippen molar-refractivity contribution in [2.45, 2.75) is 20.3 Å². The SMILES string of the molecule is Cc1cc(Nc2ncc(C)c(Nn3c(=O)oc4ccccc43)n2)cc(C(F)F)c1. The Morgan fingerprint density at radius 1 is 1.14 bits per heavy atom. The molecule has 0 atom stereocenters. The molecule has 2 aromatic heterocycles. The van der Waals surface area contributed by atoms with Gasteiger partial charge in [0, 0.05) is 23.0 Å². The van der Waals surface area contributed by atoms with Crippen molar-refractivity contribution < 1.29 is 13.2 Å². The average Bonchev–Trinajstić information content (AvgIpc) is 2.99. The van der Waals surface area contributed by atoms with Crippen molar-refractivity contribution in [3.05, 3.63) is 75.9 Å². The van der Waals surface area contributed by atoms with Crippen LogP contribution in [0.3, 0.4) is 0 Å². The minimum Gasteiger partial charge on any atom is -0.406 e. The zero-order valence-electron chi connectivity index (χ0n) is 15.6. The second kappa shape index (κ2) is 7.34. The molecule has 0 saturated heterocycles. The van der Waals surface area contributed by atoms with Crippen LogP contribution in [0.1, 0.15) is 23.1 Å². The van der Waals surface area contributed by atoms with E-state index in [1.165, 1.54) is 16.8 Å². The quantitative estimate of drug-likeness (QED) is 0.514. The number of aryl methyl sites for hydroxylation is 2. The van der Waals surface area contributed by atoms with Crippen molar-refractivity contribution in [3.8, 4) is 0 Å². The Balaban J connectivity index is 1.66. The highest BCUT2D eigenvalue weighted by Crippen LogP contribution is 2.26. The van der Waals surface area contributed by atoms with Gasteiger partial charge in [-0.3, -0.25) is 5.43 Å². The highest BCUT2D eigenvalue weighted by molar-refractivity contribution is 5.73. The highest BCUT2D eigenvalue weighted by atomic mass is 19.3. The first-order valence-electron chi connectivity index (χ1n) is 8.79. The van der Waals surface area contributed by atoms with Crippen LogP contribution in [0.4, 0.5) is 26.2 Å². The van der Waals surface area contributed by atoms with Crippen LogP contribution in [0, 0.1) is 13.8 Å². The topological polar surface area (TPSA) is 85.0 Å². The molecule has 4 rings (SSSR count). The molecule has 0 aliphatic heterocycles. The molecular formula is C20H17F2N5O2. The Morgan fingerprint density at radius 3 is 2.72 bits per heavy atom. The number of fused-ring (bicyclic) bond motifs is 1. The van der Waals surface area contributed by atoms with Crippen LogP contribution >= 0.6 is 0 Å². The van der Waals surface area contributed by atoms with Gasteiger partial charge in [0.1, 0.15) is 5.52 Å². The molecule has 0 aliphatic rings. The van der Waals surface area contributed by atoms with Gasteiger partial charge in [0.25, 0.3) is 6.43 Å². The van der Waals surface area contributed by atoms with Crippen LogP contribution in [0.5, 0.6) is 0 Å². The Labute approximate surface area is 164 Å². The minimum atomic E-state index is -2.58. The minimum absolute atomic E-state index is 0.0885. The molecule has 0 amide bonds. The van der Waals surface area contributed by atoms with Crippen molar-refractivity contribution in [1.82, 2.24) is 14.6 Å². The number of para-hydroxylation sites is 2. The van der Waals surface area contributed by atoms with Gasteiger partial charge in [-0.2, -0.15) is 9.66 Å². The summed E-state index contributed by atoms with van der Waals surface area (Å²) in [7, 11) is 0. The number of halogens is 2. The van der Waals surface area contributed by atoms with E-state index in [4.69, 9.17) is 4.42 Å². The van der Waals surface area contributed by atoms with E-state index in [9.17, 15) is 13.6 Å². The lowest BCUT2D eigenvalue weighted by molar-refractivity contribution is 0.151. The number of hydrogen-bond acceptors (Lipinski definition) is 6. The maximum Gasteiger partial charge on any atom is 0.439 e. The first-order valence-corrected chi connectivity index (χ1v) is 8.79. The van der Waals surface area contributed by atoms with E-state index < -0.39 is 12.2 Å². The summed E-state index contributed by atoms with van der Waals surface area (Å²) < 4.78 is 32.5. The molecular weight excluding hydrogens is 380 g/mol. The molecule has 7 nitrogen and oxygen atoms in total. The van der Waals surface area contributed by atoms with Crippen LogP contribution in [0.25, 0.3) is 11.1 Å². The van der Waals surface area contributed by atoms with Crippen LogP contribution < -0.4 is 16.5 Å². The Morgan fingerprint density at radius 2 is 1.93 bits per heavy atom. The number of nitrogens with one attached hydrogen (secondary N) is 2. The summed E-state index contributed by atoms with van der Waals surface area (Å²) in [6.45, 7) is 3.51. The number of benzene rings is 2. The molecule has 0 bridgehead atoms. The Kier molecular flexibility index (Phi) is 4.71. The van der Waals surface area contributed by atoms with Gasteiger partial charge in [0.15, 0.2) is 11.4 Å². The number of aromatic nitrogens is 3. The molecule has 0 fully saturated rings. The van der Waals surface area contributed by atoms with Crippen LogP contribution in [0.2, 0.25) is 0 Å². The highest BCUT2D eigenvalue weighted by Gasteiger charge is 2.13. The van der Waals surface area contributed by atoms with Crippen molar-refractivity contribution in [2.24, 2.45) is 0 Å². The summed E-state index contributed by atoms with van der Waals surface area (Å²) in [6, 6.07) is 11.5. The van der Waals surface area contributed by atoms with Gasteiger partial charge in [-0.05, 0) is 43.7 Å². The third-order valence-electron chi connectivity index (χ3n) is 4.28. The van der Waals surface area contributed by atoms with Crippen molar-refractivity contribution in [1.29, 1.82) is 0 Å². The van der Waals surface area contributed by atoms with E-state index in [1.807, 2.05) is 0 Å². The predicted molar refractivity (Wildman–Crippen MR) is 106 cm³/mol. The summed E-state index contributed by atoms with van der Waals surface area (Å²) in [5.74, 6) is -0.0124. The lowest BCUT2D eigenvalue weighted by Gasteiger charge is -2.12. The monoisotopic (exact) mass is 397 g/mol. The molecule has 29 heavy (non-hydrogen) atoms. The summed E-state index contributed by atoms with van der Waals surface area (Å²) in [5.41, 5.74) is 5.66. The number of anilines is 3. The lowest BCUT2D eigenvalue weighted by atomic mass is 10.1. The fraction of sp³-hybridized carbons (Fsp3) is 0.150. The Hall–Kier alpha value is -3.75. The normalized spacial score (nSPS) is 11.2. The molecule has 0 radical (unpaired) electrons. The van der Waals surface area contributed by atoms with Crippen LogP contribution in [0.15, 0.2) is 57.9 Å². The van der Waals surface area contributed by atoms with Gasteiger partial charge in [0.05, 0.1) is 0 Å². The maximum absolute atomic E-state index is 13.0. The number of hydrogen-bond donors (Lipinski definition) is 2. The number of oxazole rings is 1. The number of nitrogens with zero attached hydrogens (tertiary/aromatic N) is 3. The molecule has 0 spiro atoms. The van der Waals surface area contributed by atoms with E-state index in [0.29, 0.717) is 33.7 Å². The predicted octanol–water partition coefficient (Wildman–Crippen LogP) is 4.56. The second-order valence-electron chi connectivity index (χ2n) is 6.57. The third kappa shape index (κ3) is 3.79. The van der Waals surface area contributed by atoms with E-state index in [1.54, 1.807) is 50.4 Å². The van der Waals surface area contributed by atoms with E-state index in [0.717, 1.165) is 0 Å². The van der Waals surface area contributed by atoms with Gasteiger partial charge in [-0.15, -0.1) is 0 Å². The summed E-state index contributed by atoms with van der Waals surface area (Å²) in [5, 5.41) is 2.93. The Bertz CT molecular complexity index is 1250. The van der Waals surface area contributed by atoms with Crippen LogP contribution in [-0.2, 0) is 0 Å². The van der Waals surface area contributed by atoms with Crippen LogP contribution in [-0.4, -0.2) is 14.6 Å². The molecule has 0 aliphatic carbocycles. The van der Waals surface area contributed by atoms with Gasteiger partial charge in [-0.25, -0.2) is 18.6 Å². The van der Waals surface area contributed by atoms with Crippen molar-refractivity contribution >= 4 is 28.6 Å². The first kappa shape index (κ1) is 18.6. The smallest absolute Gasteiger partial charge is 0.406 e. The maximum atomic E-state index is 13.0.